The van der Waals surface area contributed by atoms with Gasteiger partial charge in [0.15, 0.2) is 6.04 Å². The third kappa shape index (κ3) is 4.24. The first-order chi connectivity index (χ1) is 10.6. The molecule has 4 nitrogen and oxygen atoms in total. The smallest absolute Gasteiger partial charge is 0.330 e. The van der Waals surface area contributed by atoms with Gasteiger partial charge in [0.2, 0.25) is 5.91 Å². The molecule has 0 aliphatic carbocycles. The highest BCUT2D eigenvalue weighted by molar-refractivity contribution is 7.98. The van der Waals surface area contributed by atoms with Gasteiger partial charge >= 0.3 is 5.97 Å². The van der Waals surface area contributed by atoms with Crippen molar-refractivity contribution < 1.29 is 14.7 Å². The number of aliphatic carboxylic acids is 1. The van der Waals surface area contributed by atoms with Crippen LogP contribution in [0.15, 0.2) is 42.5 Å². The first-order valence-corrected chi connectivity index (χ1v) is 8.51. The molecule has 22 heavy (non-hydrogen) atoms. The second kappa shape index (κ2) is 7.84. The van der Waals surface area contributed by atoms with E-state index in [1.54, 1.807) is 17.8 Å². The van der Waals surface area contributed by atoms with Crippen molar-refractivity contribution in [2.75, 3.05) is 12.0 Å². The molecule has 0 heterocycles. The van der Waals surface area contributed by atoms with E-state index in [4.69, 9.17) is 0 Å². The highest BCUT2D eigenvalue weighted by atomic mass is 32.2. The summed E-state index contributed by atoms with van der Waals surface area (Å²) in [7, 11) is 0. The summed E-state index contributed by atoms with van der Waals surface area (Å²) >= 11 is 1.67. The summed E-state index contributed by atoms with van der Waals surface area (Å²) in [4.78, 5) is 23.4. The van der Waals surface area contributed by atoms with Crippen molar-refractivity contribution >= 4 is 34.4 Å². The number of carbonyl (C=O) groups is 2. The fraction of sp³-hybridized carbons (Fsp3) is 0.294. The summed E-state index contributed by atoms with van der Waals surface area (Å²) in [5.74, 6) is -0.385. The minimum absolute atomic E-state index is 0.227. The summed E-state index contributed by atoms with van der Waals surface area (Å²) in [6.07, 6.45) is 3.07. The minimum Gasteiger partial charge on any atom is -0.479 e. The summed E-state index contributed by atoms with van der Waals surface area (Å²) in [6.45, 7) is 0. The zero-order chi connectivity index (χ0) is 15.9. The van der Waals surface area contributed by atoms with Crippen molar-refractivity contribution in [3.8, 4) is 0 Å². The molecule has 1 unspecified atom stereocenters. The molecule has 2 aromatic carbocycles. The monoisotopic (exact) mass is 317 g/mol. The molecule has 116 valence electrons. The van der Waals surface area contributed by atoms with Gasteiger partial charge in [0, 0.05) is 6.42 Å². The van der Waals surface area contributed by atoms with Crippen LogP contribution < -0.4 is 5.32 Å². The van der Waals surface area contributed by atoms with Gasteiger partial charge in [0.25, 0.3) is 0 Å². The van der Waals surface area contributed by atoms with Crippen LogP contribution in [0.1, 0.15) is 24.4 Å². The van der Waals surface area contributed by atoms with E-state index in [-0.39, 0.29) is 5.91 Å². The van der Waals surface area contributed by atoms with E-state index in [1.807, 2.05) is 42.7 Å². The number of fused-ring (bicyclic) bond motifs is 1. The van der Waals surface area contributed by atoms with Crippen LogP contribution in [0.4, 0.5) is 0 Å². The Labute approximate surface area is 133 Å². The van der Waals surface area contributed by atoms with E-state index in [0.29, 0.717) is 12.0 Å². The molecule has 0 radical (unpaired) electrons. The number of nitrogens with one attached hydrogen (secondary N) is 1. The second-order valence-corrected chi connectivity index (χ2v) is 6.03. The van der Waals surface area contributed by atoms with Gasteiger partial charge in [-0.1, -0.05) is 36.4 Å². The van der Waals surface area contributed by atoms with Crippen LogP contribution >= 0.6 is 11.8 Å². The van der Waals surface area contributed by atoms with E-state index in [1.165, 1.54) is 0 Å². The second-order valence-electron chi connectivity index (χ2n) is 5.04. The molecule has 2 aromatic rings. The van der Waals surface area contributed by atoms with Gasteiger partial charge in [0.1, 0.15) is 0 Å². The van der Waals surface area contributed by atoms with Gasteiger partial charge < -0.3 is 10.4 Å². The van der Waals surface area contributed by atoms with Crippen molar-refractivity contribution in [2.24, 2.45) is 0 Å². The maximum atomic E-state index is 11.9. The quantitative estimate of drug-likeness (QED) is 0.770. The zero-order valence-electron chi connectivity index (χ0n) is 12.4. The van der Waals surface area contributed by atoms with Crippen molar-refractivity contribution in [1.29, 1.82) is 0 Å². The standard InChI is InChI=1S/C17H19NO3S/c1-22-10-4-7-15(19)18-16(17(20)21)14-9-8-12-5-2-3-6-13(12)11-14/h2-3,5-6,8-9,11,16H,4,7,10H2,1H3,(H,18,19)(H,20,21). The molecule has 0 aliphatic rings. The summed E-state index contributed by atoms with van der Waals surface area (Å²) in [5, 5.41) is 14.0. The number of carbonyl (C=O) groups excluding carboxylic acids is 1. The van der Waals surface area contributed by atoms with E-state index < -0.39 is 12.0 Å². The Bertz CT molecular complexity index is 672. The molecular formula is C17H19NO3S. The number of carboxylic acids is 1. The predicted molar refractivity (Wildman–Crippen MR) is 90.1 cm³/mol. The Morgan fingerprint density at radius 2 is 1.91 bits per heavy atom. The molecule has 0 saturated carbocycles. The van der Waals surface area contributed by atoms with Crippen LogP contribution in [0.25, 0.3) is 10.8 Å². The molecule has 0 aromatic heterocycles. The normalized spacial score (nSPS) is 12.0. The molecule has 1 amide bonds. The van der Waals surface area contributed by atoms with Gasteiger partial charge in [-0.25, -0.2) is 4.79 Å². The molecule has 0 bridgehead atoms. The Morgan fingerprint density at radius 3 is 2.59 bits per heavy atom. The lowest BCUT2D eigenvalue weighted by molar-refractivity contribution is -0.142. The molecule has 1 atom stereocenters. The maximum absolute atomic E-state index is 11.9. The molecule has 0 aliphatic heterocycles. The lowest BCUT2D eigenvalue weighted by atomic mass is 10.0. The van der Waals surface area contributed by atoms with Crippen LogP contribution in [0.3, 0.4) is 0 Å². The van der Waals surface area contributed by atoms with Gasteiger partial charge in [-0.2, -0.15) is 11.8 Å². The molecular weight excluding hydrogens is 298 g/mol. The number of hydrogen-bond donors (Lipinski definition) is 2. The highest BCUT2D eigenvalue weighted by Crippen LogP contribution is 2.21. The van der Waals surface area contributed by atoms with Crippen molar-refractivity contribution in [3.05, 3.63) is 48.0 Å². The van der Waals surface area contributed by atoms with Crippen LogP contribution in [0, 0.1) is 0 Å². The van der Waals surface area contributed by atoms with Crippen molar-refractivity contribution in [2.45, 2.75) is 18.9 Å². The number of thioether (sulfide) groups is 1. The largest absolute Gasteiger partial charge is 0.479 e. The average molecular weight is 317 g/mol. The zero-order valence-corrected chi connectivity index (χ0v) is 13.2. The van der Waals surface area contributed by atoms with Crippen LogP contribution in [0.5, 0.6) is 0 Å². The first-order valence-electron chi connectivity index (χ1n) is 7.11. The number of amides is 1. The molecule has 0 spiro atoms. The number of carboxylic acid groups (broad SMARTS) is 1. The van der Waals surface area contributed by atoms with Gasteiger partial charge in [-0.3, -0.25) is 4.79 Å². The first kappa shape index (κ1) is 16.4. The fourth-order valence-electron chi connectivity index (χ4n) is 2.29. The lowest BCUT2D eigenvalue weighted by Gasteiger charge is -2.15. The third-order valence-electron chi connectivity index (χ3n) is 3.41. The van der Waals surface area contributed by atoms with E-state index in [9.17, 15) is 14.7 Å². The van der Waals surface area contributed by atoms with Crippen LogP contribution in [0.2, 0.25) is 0 Å². The van der Waals surface area contributed by atoms with E-state index in [0.717, 1.165) is 22.9 Å². The number of benzene rings is 2. The minimum atomic E-state index is -1.05. The Balaban J connectivity index is 2.15. The predicted octanol–water partition coefficient (Wildman–Crippen LogP) is 3.22. The third-order valence-corrected chi connectivity index (χ3v) is 4.11. The topological polar surface area (TPSA) is 66.4 Å². The SMILES string of the molecule is CSCCCC(=O)NC(C(=O)O)c1ccc2ccccc2c1. The Hall–Kier alpha value is -2.01. The number of rotatable bonds is 7. The maximum Gasteiger partial charge on any atom is 0.330 e. The van der Waals surface area contributed by atoms with Gasteiger partial charge in [0.05, 0.1) is 0 Å². The number of hydrogen-bond acceptors (Lipinski definition) is 3. The average Bonchev–Trinajstić information content (AvgIpc) is 2.52. The van der Waals surface area contributed by atoms with Gasteiger partial charge in [-0.05, 0) is 40.8 Å². The molecule has 5 heteroatoms. The molecule has 0 saturated heterocycles. The summed E-state index contributed by atoms with van der Waals surface area (Å²) in [6, 6.07) is 12.2. The summed E-state index contributed by atoms with van der Waals surface area (Å²) < 4.78 is 0. The molecule has 2 rings (SSSR count). The molecule has 0 fully saturated rings. The highest BCUT2D eigenvalue weighted by Gasteiger charge is 2.22. The van der Waals surface area contributed by atoms with Crippen LogP contribution in [-0.2, 0) is 9.59 Å². The Morgan fingerprint density at radius 1 is 1.18 bits per heavy atom. The lowest BCUT2D eigenvalue weighted by Crippen LogP contribution is -2.33. The van der Waals surface area contributed by atoms with Gasteiger partial charge in [-0.15, -0.1) is 0 Å². The van der Waals surface area contributed by atoms with E-state index >= 15 is 0 Å². The van der Waals surface area contributed by atoms with Crippen molar-refractivity contribution in [1.82, 2.24) is 5.32 Å². The summed E-state index contributed by atoms with van der Waals surface area (Å²) in [5.41, 5.74) is 0.587. The Kier molecular flexibility index (Phi) is 5.83. The van der Waals surface area contributed by atoms with Crippen molar-refractivity contribution in [3.63, 3.8) is 0 Å². The fourth-order valence-corrected chi connectivity index (χ4v) is 2.72. The van der Waals surface area contributed by atoms with Crippen LogP contribution in [-0.4, -0.2) is 29.0 Å². The molecule has 2 N–H and O–H groups in total. The van der Waals surface area contributed by atoms with E-state index in [2.05, 4.69) is 5.32 Å².